The Morgan fingerprint density at radius 3 is 2.77 bits per heavy atom. The van der Waals surface area contributed by atoms with Gasteiger partial charge in [0.15, 0.2) is 0 Å². The van der Waals surface area contributed by atoms with Crippen molar-refractivity contribution in [1.29, 1.82) is 0 Å². The molecule has 1 aliphatic rings. The van der Waals surface area contributed by atoms with Gasteiger partial charge < -0.3 is 5.32 Å². The van der Waals surface area contributed by atoms with Gasteiger partial charge in [0.05, 0.1) is 0 Å². The summed E-state index contributed by atoms with van der Waals surface area (Å²) in [5.74, 6) is 0.769. The van der Waals surface area contributed by atoms with Crippen LogP contribution in [-0.4, -0.2) is 17.4 Å². The maximum Gasteiger partial charge on any atom is 0.220 e. The second-order valence-electron chi connectivity index (χ2n) is 8.99. The molecule has 0 aliphatic heterocycles. The molecule has 1 aromatic heterocycles. The number of carbonyl (C=O) groups excluding carboxylic acids is 1. The highest BCUT2D eigenvalue weighted by atomic mass is 19.1. The van der Waals surface area contributed by atoms with Crippen molar-refractivity contribution < 1.29 is 9.18 Å². The molecule has 162 valence electrons. The molecule has 1 N–H and O–H groups in total. The van der Waals surface area contributed by atoms with Crippen LogP contribution in [0.5, 0.6) is 0 Å². The number of rotatable bonds is 12. The van der Waals surface area contributed by atoms with Gasteiger partial charge in [0.25, 0.3) is 0 Å². The summed E-state index contributed by atoms with van der Waals surface area (Å²) >= 11 is 0. The Morgan fingerprint density at radius 1 is 1.27 bits per heavy atom. The van der Waals surface area contributed by atoms with Crippen LogP contribution in [0.3, 0.4) is 0 Å². The predicted octanol–water partition coefficient (Wildman–Crippen LogP) is 5.83. The van der Waals surface area contributed by atoms with E-state index in [1.807, 2.05) is 18.3 Å². The number of aryl methyl sites for hydroxylation is 1. The zero-order chi connectivity index (χ0) is 21.4. The molecule has 30 heavy (non-hydrogen) atoms. The molecule has 1 heterocycles. The zero-order valence-corrected chi connectivity index (χ0v) is 18.4. The second-order valence-corrected chi connectivity index (χ2v) is 8.99. The topological polar surface area (TPSA) is 42.0 Å². The molecule has 1 fully saturated rings. The van der Waals surface area contributed by atoms with Crippen LogP contribution >= 0.6 is 0 Å². The molecule has 1 aliphatic carbocycles. The normalized spacial score (nSPS) is 16.6. The number of hydrogen-bond donors (Lipinski definition) is 1. The first kappa shape index (κ1) is 22.5. The van der Waals surface area contributed by atoms with Gasteiger partial charge in [-0.25, -0.2) is 4.39 Å². The van der Waals surface area contributed by atoms with Crippen LogP contribution in [0.4, 0.5) is 4.39 Å². The second kappa shape index (κ2) is 10.7. The van der Waals surface area contributed by atoms with Crippen molar-refractivity contribution in [3.63, 3.8) is 0 Å². The largest absolute Gasteiger partial charge is 0.356 e. The van der Waals surface area contributed by atoms with Gasteiger partial charge >= 0.3 is 0 Å². The average molecular weight is 411 g/mol. The first-order valence-corrected chi connectivity index (χ1v) is 11.4. The molecular weight excluding hydrogens is 375 g/mol. The van der Waals surface area contributed by atoms with Crippen molar-refractivity contribution in [1.82, 2.24) is 10.3 Å². The maximum atomic E-state index is 14.0. The first-order valence-electron chi connectivity index (χ1n) is 11.4. The summed E-state index contributed by atoms with van der Waals surface area (Å²) < 4.78 is 14.0. The molecule has 3 rings (SSSR count). The van der Waals surface area contributed by atoms with E-state index in [4.69, 9.17) is 0 Å². The quantitative estimate of drug-likeness (QED) is 0.447. The summed E-state index contributed by atoms with van der Waals surface area (Å²) in [4.78, 5) is 16.9. The molecule has 3 nitrogen and oxygen atoms in total. The number of pyridine rings is 1. The molecule has 2 aromatic rings. The van der Waals surface area contributed by atoms with Crippen molar-refractivity contribution in [2.45, 2.75) is 70.6 Å². The third kappa shape index (κ3) is 6.13. The fourth-order valence-corrected chi connectivity index (χ4v) is 4.82. The lowest BCUT2D eigenvalue weighted by Gasteiger charge is -2.39. The van der Waals surface area contributed by atoms with Gasteiger partial charge in [0, 0.05) is 25.4 Å². The molecule has 0 bridgehead atoms. The predicted molar refractivity (Wildman–Crippen MR) is 120 cm³/mol. The van der Waals surface area contributed by atoms with Crippen LogP contribution in [0.25, 0.3) is 0 Å². The SMILES string of the molecule is CCCC(C)(c1cccc(F)c1)C(CC(=O)NCCCCc1cccnc1)C1CC1. The summed E-state index contributed by atoms with van der Waals surface area (Å²) in [6.45, 7) is 5.11. The Kier molecular flexibility index (Phi) is 8.01. The van der Waals surface area contributed by atoms with E-state index < -0.39 is 0 Å². The van der Waals surface area contributed by atoms with Gasteiger partial charge in [-0.2, -0.15) is 0 Å². The van der Waals surface area contributed by atoms with Crippen molar-refractivity contribution in [3.05, 3.63) is 65.7 Å². The summed E-state index contributed by atoms with van der Waals surface area (Å²) in [5.41, 5.74) is 2.10. The number of unbranched alkanes of at least 4 members (excludes halogenated alkanes) is 1. The van der Waals surface area contributed by atoms with Crippen LogP contribution in [0.1, 0.15) is 69.9 Å². The molecule has 4 heteroatoms. The minimum absolute atomic E-state index is 0.131. The Hall–Kier alpha value is -2.23. The van der Waals surface area contributed by atoms with Gasteiger partial charge in [-0.15, -0.1) is 0 Å². The number of halogens is 1. The Bertz CT molecular complexity index is 806. The monoisotopic (exact) mass is 410 g/mol. The maximum absolute atomic E-state index is 14.0. The van der Waals surface area contributed by atoms with E-state index in [0.29, 0.717) is 18.9 Å². The van der Waals surface area contributed by atoms with Crippen molar-refractivity contribution in [2.24, 2.45) is 11.8 Å². The lowest BCUT2D eigenvalue weighted by molar-refractivity contribution is -0.122. The van der Waals surface area contributed by atoms with E-state index in [1.54, 1.807) is 18.3 Å². The third-order valence-electron chi connectivity index (χ3n) is 6.61. The number of nitrogens with one attached hydrogen (secondary N) is 1. The number of hydrogen-bond acceptors (Lipinski definition) is 2. The number of carbonyl (C=O) groups is 1. The summed E-state index contributed by atoms with van der Waals surface area (Å²) in [6, 6.07) is 11.0. The standard InChI is InChI=1S/C26H35FN2O/c1-3-14-26(2,22-10-6-11-23(27)17-22)24(21-12-13-21)18-25(30)29-16-5-4-8-20-9-7-15-28-19-20/h6-7,9-11,15,17,19,21,24H,3-5,8,12-14,16,18H2,1-2H3,(H,29,30). The van der Waals surface area contributed by atoms with Gasteiger partial charge in [0.1, 0.15) is 5.82 Å². The highest BCUT2D eigenvalue weighted by molar-refractivity contribution is 5.76. The summed E-state index contributed by atoms with van der Waals surface area (Å²) in [6.07, 6.45) is 11.6. The minimum atomic E-state index is -0.192. The molecule has 0 saturated heterocycles. The Balaban J connectivity index is 1.55. The Morgan fingerprint density at radius 2 is 2.10 bits per heavy atom. The number of amides is 1. The zero-order valence-electron chi connectivity index (χ0n) is 18.4. The highest BCUT2D eigenvalue weighted by Gasteiger charge is 2.45. The van der Waals surface area contributed by atoms with Crippen LogP contribution in [0.2, 0.25) is 0 Å². The van der Waals surface area contributed by atoms with Crippen molar-refractivity contribution in [2.75, 3.05) is 6.54 Å². The highest BCUT2D eigenvalue weighted by Crippen LogP contribution is 2.50. The molecule has 0 spiro atoms. The van der Waals surface area contributed by atoms with Gasteiger partial charge in [-0.1, -0.05) is 38.5 Å². The van der Waals surface area contributed by atoms with Crippen LogP contribution < -0.4 is 5.32 Å². The number of benzene rings is 1. The van der Waals surface area contributed by atoms with E-state index >= 15 is 0 Å². The van der Waals surface area contributed by atoms with Crippen LogP contribution in [0.15, 0.2) is 48.8 Å². The van der Waals surface area contributed by atoms with E-state index in [0.717, 1.165) is 37.7 Å². The molecule has 2 unspecified atom stereocenters. The summed E-state index contributed by atoms with van der Waals surface area (Å²) in [5, 5.41) is 3.13. The average Bonchev–Trinajstić information content (AvgIpc) is 3.58. The fourth-order valence-electron chi connectivity index (χ4n) is 4.82. The molecular formula is C26H35FN2O. The fraction of sp³-hybridized carbons (Fsp3) is 0.538. The van der Waals surface area contributed by atoms with Crippen molar-refractivity contribution >= 4 is 5.91 Å². The lowest BCUT2D eigenvalue weighted by atomic mass is 9.65. The molecule has 1 amide bonds. The molecule has 1 saturated carbocycles. The van der Waals surface area contributed by atoms with E-state index in [9.17, 15) is 9.18 Å². The third-order valence-corrected chi connectivity index (χ3v) is 6.61. The number of nitrogens with zero attached hydrogens (tertiary/aromatic N) is 1. The van der Waals surface area contributed by atoms with Crippen LogP contribution in [0, 0.1) is 17.7 Å². The summed E-state index contributed by atoms with van der Waals surface area (Å²) in [7, 11) is 0. The lowest BCUT2D eigenvalue weighted by Crippen LogP contribution is -2.38. The molecule has 0 radical (unpaired) electrons. The van der Waals surface area contributed by atoms with E-state index in [2.05, 4.69) is 30.2 Å². The van der Waals surface area contributed by atoms with E-state index in [-0.39, 0.29) is 23.1 Å². The molecule has 1 aromatic carbocycles. The minimum Gasteiger partial charge on any atom is -0.356 e. The number of aromatic nitrogens is 1. The van der Waals surface area contributed by atoms with Gasteiger partial charge in [-0.3, -0.25) is 9.78 Å². The molecule has 2 atom stereocenters. The van der Waals surface area contributed by atoms with Crippen LogP contribution in [-0.2, 0) is 16.6 Å². The van der Waals surface area contributed by atoms with Gasteiger partial charge in [-0.05, 0) is 85.1 Å². The van der Waals surface area contributed by atoms with E-state index in [1.165, 1.54) is 24.5 Å². The smallest absolute Gasteiger partial charge is 0.220 e. The van der Waals surface area contributed by atoms with Crippen molar-refractivity contribution in [3.8, 4) is 0 Å². The Labute approximate surface area is 180 Å². The first-order chi connectivity index (χ1) is 14.5. The van der Waals surface area contributed by atoms with Gasteiger partial charge in [0.2, 0.25) is 5.91 Å².